The molecule has 0 atom stereocenters. The average molecular weight is 351 g/mol. The van der Waals surface area contributed by atoms with Gasteiger partial charge in [-0.15, -0.1) is 11.3 Å². The van der Waals surface area contributed by atoms with Gasteiger partial charge in [0, 0.05) is 5.56 Å². The molecule has 1 aliphatic heterocycles. The number of nitrogens with one attached hydrogen (secondary N) is 1. The van der Waals surface area contributed by atoms with Crippen LogP contribution < -0.4 is 9.80 Å². The molecule has 0 bridgehead atoms. The molecule has 1 N–H and O–H groups in total. The molecule has 0 spiro atoms. The molecule has 2 aromatic heterocycles. The molecule has 4 rings (SSSR count). The van der Waals surface area contributed by atoms with Crippen molar-refractivity contribution in [3.05, 3.63) is 59.1 Å². The molecular formula is C19H19N4OS+. The van der Waals surface area contributed by atoms with Crippen molar-refractivity contribution < 1.29 is 9.32 Å². The molecule has 3 heterocycles. The fraction of sp³-hybridized carbons (Fsp3) is 0.263. The minimum Gasteiger partial charge on any atom is -0.418 e. The molecule has 0 amide bonds. The quantitative estimate of drug-likeness (QED) is 0.783. The lowest BCUT2D eigenvalue weighted by Gasteiger charge is -2.31. The summed E-state index contributed by atoms with van der Waals surface area (Å²) >= 11 is 1.57. The molecule has 1 aliphatic rings. The Morgan fingerprint density at radius 3 is 2.64 bits per heavy atom. The number of thiophene rings is 1. The monoisotopic (exact) mass is 351 g/mol. The Balaban J connectivity index is 1.45. The van der Waals surface area contributed by atoms with E-state index in [2.05, 4.69) is 46.3 Å². The first-order valence-electron chi connectivity index (χ1n) is 8.41. The fourth-order valence-corrected chi connectivity index (χ4v) is 3.84. The number of piperazine rings is 1. The van der Waals surface area contributed by atoms with Crippen molar-refractivity contribution >= 4 is 17.2 Å². The summed E-state index contributed by atoms with van der Waals surface area (Å²) in [5, 5.41) is 11.4. The maximum Gasteiger partial charge on any atom is 0.240 e. The van der Waals surface area contributed by atoms with Gasteiger partial charge < -0.3 is 14.2 Å². The highest BCUT2D eigenvalue weighted by Gasteiger charge is 2.26. The minimum atomic E-state index is 0.384. The highest BCUT2D eigenvalue weighted by atomic mass is 32.1. The van der Waals surface area contributed by atoms with Gasteiger partial charge in [-0.05, 0) is 11.4 Å². The number of hydrogen-bond acceptors (Lipinski definition) is 5. The van der Waals surface area contributed by atoms with Gasteiger partial charge in [0.05, 0.1) is 31.1 Å². The van der Waals surface area contributed by atoms with Gasteiger partial charge in [-0.3, -0.25) is 0 Å². The van der Waals surface area contributed by atoms with E-state index in [0.29, 0.717) is 17.5 Å². The number of oxazole rings is 1. The summed E-state index contributed by atoms with van der Waals surface area (Å²) in [6.45, 7) is 4.83. The smallest absolute Gasteiger partial charge is 0.240 e. The number of aromatic nitrogens is 1. The van der Waals surface area contributed by atoms with Crippen LogP contribution in [0.5, 0.6) is 0 Å². The number of nitrogens with zero attached hydrogens (tertiary/aromatic N) is 3. The summed E-state index contributed by atoms with van der Waals surface area (Å²) in [6.07, 6.45) is 0. The highest BCUT2D eigenvalue weighted by molar-refractivity contribution is 7.13. The van der Waals surface area contributed by atoms with Crippen LogP contribution in [0.15, 0.2) is 52.3 Å². The van der Waals surface area contributed by atoms with Crippen molar-refractivity contribution in [2.75, 3.05) is 31.1 Å². The Morgan fingerprint density at radius 2 is 1.96 bits per heavy atom. The molecule has 0 unspecified atom stereocenters. The molecule has 3 aromatic rings. The number of benzene rings is 1. The van der Waals surface area contributed by atoms with Crippen LogP contribution in [0.2, 0.25) is 0 Å². The molecule has 6 heteroatoms. The van der Waals surface area contributed by atoms with Crippen molar-refractivity contribution in [3.63, 3.8) is 0 Å². The van der Waals surface area contributed by atoms with E-state index in [1.54, 1.807) is 16.2 Å². The molecule has 126 valence electrons. The van der Waals surface area contributed by atoms with E-state index in [4.69, 9.17) is 4.42 Å². The van der Waals surface area contributed by atoms with E-state index in [1.807, 2.05) is 17.5 Å². The maximum atomic E-state index is 9.41. The lowest BCUT2D eigenvalue weighted by Crippen LogP contribution is -3.13. The van der Waals surface area contributed by atoms with Crippen molar-refractivity contribution in [3.8, 4) is 16.8 Å². The van der Waals surface area contributed by atoms with Crippen molar-refractivity contribution in [1.29, 1.82) is 5.26 Å². The van der Waals surface area contributed by atoms with Crippen LogP contribution in [0.4, 0.5) is 5.88 Å². The Kier molecular flexibility index (Phi) is 4.51. The van der Waals surface area contributed by atoms with Gasteiger partial charge in [-0.2, -0.15) is 10.2 Å². The van der Waals surface area contributed by atoms with Crippen LogP contribution in [0.25, 0.3) is 10.8 Å². The number of nitriles is 1. The molecule has 5 nitrogen and oxygen atoms in total. The first-order chi connectivity index (χ1) is 12.3. The van der Waals surface area contributed by atoms with E-state index >= 15 is 0 Å². The van der Waals surface area contributed by atoms with Crippen LogP contribution in [0.3, 0.4) is 0 Å². The normalized spacial score (nSPS) is 15.2. The Hall–Kier alpha value is -2.62. The van der Waals surface area contributed by atoms with Gasteiger partial charge in [-0.25, -0.2) is 0 Å². The van der Waals surface area contributed by atoms with Gasteiger partial charge in [0.15, 0.2) is 0 Å². The van der Waals surface area contributed by atoms with Crippen molar-refractivity contribution in [1.82, 2.24) is 4.98 Å². The summed E-state index contributed by atoms with van der Waals surface area (Å²) < 4.78 is 5.94. The molecule has 1 fully saturated rings. The van der Waals surface area contributed by atoms with Crippen LogP contribution in [0, 0.1) is 11.3 Å². The first-order valence-corrected chi connectivity index (χ1v) is 9.28. The minimum absolute atomic E-state index is 0.384. The second kappa shape index (κ2) is 7.09. The lowest BCUT2D eigenvalue weighted by molar-refractivity contribution is -0.914. The lowest BCUT2D eigenvalue weighted by atomic mass is 10.2. The predicted molar refractivity (Wildman–Crippen MR) is 97.6 cm³/mol. The standard InChI is InChI=1S/C19H18N4OS/c20-13-16-19(24-18(21-16)17-7-4-12-25-17)23-10-8-22(9-11-23)14-15-5-2-1-3-6-15/h1-7,12H,8-11,14H2/p+1. The first kappa shape index (κ1) is 15.9. The number of rotatable bonds is 4. The maximum absolute atomic E-state index is 9.41. The zero-order valence-corrected chi connectivity index (χ0v) is 14.6. The number of anilines is 1. The van der Waals surface area contributed by atoms with Gasteiger partial charge in [0.25, 0.3) is 0 Å². The Morgan fingerprint density at radius 1 is 1.16 bits per heavy atom. The van der Waals surface area contributed by atoms with Crippen molar-refractivity contribution in [2.24, 2.45) is 0 Å². The zero-order valence-electron chi connectivity index (χ0n) is 13.8. The Bertz CT molecular complexity index is 859. The van der Waals surface area contributed by atoms with E-state index < -0.39 is 0 Å². The number of quaternary nitrogens is 1. The fourth-order valence-electron chi connectivity index (χ4n) is 3.19. The second-order valence-electron chi connectivity index (χ2n) is 6.16. The van der Waals surface area contributed by atoms with Crippen LogP contribution in [0.1, 0.15) is 11.3 Å². The summed E-state index contributed by atoms with van der Waals surface area (Å²) in [4.78, 5) is 9.03. The van der Waals surface area contributed by atoms with Crippen LogP contribution >= 0.6 is 11.3 Å². The van der Waals surface area contributed by atoms with E-state index in [9.17, 15) is 5.26 Å². The van der Waals surface area contributed by atoms with Gasteiger partial charge in [0.1, 0.15) is 12.6 Å². The Labute approximate surface area is 150 Å². The van der Waals surface area contributed by atoms with Gasteiger partial charge in [0.2, 0.25) is 17.5 Å². The predicted octanol–water partition coefficient (Wildman–Crippen LogP) is 2.18. The molecular weight excluding hydrogens is 332 g/mol. The van der Waals surface area contributed by atoms with Gasteiger partial charge in [-0.1, -0.05) is 36.4 Å². The zero-order chi connectivity index (χ0) is 17.1. The third-order valence-electron chi connectivity index (χ3n) is 4.50. The summed E-state index contributed by atoms with van der Waals surface area (Å²) in [5.74, 6) is 1.16. The topological polar surface area (TPSA) is 57.5 Å². The van der Waals surface area contributed by atoms with E-state index in [-0.39, 0.29) is 0 Å². The molecule has 1 aromatic carbocycles. The molecule has 0 radical (unpaired) electrons. The second-order valence-corrected chi connectivity index (χ2v) is 7.11. The van der Waals surface area contributed by atoms with E-state index in [0.717, 1.165) is 37.6 Å². The average Bonchev–Trinajstić information content (AvgIpc) is 3.33. The third kappa shape index (κ3) is 3.43. The molecule has 25 heavy (non-hydrogen) atoms. The SMILES string of the molecule is N#Cc1nc(-c2cccs2)oc1N1CC[NH+](Cc2ccccc2)CC1. The highest BCUT2D eigenvalue weighted by Crippen LogP contribution is 2.30. The van der Waals surface area contributed by atoms with Crippen LogP contribution in [-0.2, 0) is 6.54 Å². The van der Waals surface area contributed by atoms with Crippen molar-refractivity contribution in [2.45, 2.75) is 6.54 Å². The van der Waals surface area contributed by atoms with Gasteiger partial charge >= 0.3 is 0 Å². The molecule has 1 saturated heterocycles. The summed E-state index contributed by atoms with van der Waals surface area (Å²) in [6, 6.07) is 16.7. The third-order valence-corrected chi connectivity index (χ3v) is 5.36. The molecule has 0 saturated carbocycles. The van der Waals surface area contributed by atoms with Crippen LogP contribution in [-0.4, -0.2) is 31.2 Å². The van der Waals surface area contributed by atoms with E-state index in [1.165, 1.54) is 5.56 Å². The molecule has 0 aliphatic carbocycles. The summed E-state index contributed by atoms with van der Waals surface area (Å²) in [5.41, 5.74) is 1.75. The summed E-state index contributed by atoms with van der Waals surface area (Å²) in [7, 11) is 0. The largest absolute Gasteiger partial charge is 0.418 e. The number of hydrogen-bond donors (Lipinski definition) is 1.